The Labute approximate surface area is 106 Å². The monoisotopic (exact) mass is 247 g/mol. The summed E-state index contributed by atoms with van der Waals surface area (Å²) in [6, 6.07) is 6.61. The molecule has 0 unspecified atom stereocenters. The molecule has 0 aliphatic carbocycles. The van der Waals surface area contributed by atoms with Gasteiger partial charge in [-0.05, 0) is 50.2 Å². The van der Waals surface area contributed by atoms with Crippen molar-refractivity contribution >= 4 is 17.5 Å². The van der Waals surface area contributed by atoms with E-state index in [1.54, 1.807) is 24.3 Å². The minimum absolute atomic E-state index is 0.0447. The molecule has 1 aliphatic rings. The fraction of sp³-hybridized carbons (Fsp3) is 0.385. The highest BCUT2D eigenvalue weighted by molar-refractivity contribution is 5.95. The number of carbonyl (C=O) groups excluding carboxylic acids is 2. The summed E-state index contributed by atoms with van der Waals surface area (Å²) < 4.78 is 0. The molecule has 0 aromatic heterocycles. The number of nitrogens with two attached hydrogens (primary N) is 1. The van der Waals surface area contributed by atoms with Gasteiger partial charge in [-0.25, -0.2) is 0 Å². The summed E-state index contributed by atoms with van der Waals surface area (Å²) >= 11 is 0. The van der Waals surface area contributed by atoms with Gasteiger partial charge in [0, 0.05) is 17.2 Å². The molecule has 1 aromatic rings. The first-order valence-electron chi connectivity index (χ1n) is 6.08. The van der Waals surface area contributed by atoms with Crippen molar-refractivity contribution in [2.24, 2.45) is 11.7 Å². The van der Waals surface area contributed by atoms with Crippen LogP contribution in [0.2, 0.25) is 0 Å². The zero-order valence-electron chi connectivity index (χ0n) is 10.1. The lowest BCUT2D eigenvalue weighted by atomic mass is 9.97. The van der Waals surface area contributed by atoms with Crippen LogP contribution in [0.3, 0.4) is 0 Å². The summed E-state index contributed by atoms with van der Waals surface area (Å²) in [6.45, 7) is 1.78. The molecule has 0 saturated carbocycles. The second-order valence-corrected chi connectivity index (χ2v) is 4.46. The number of anilines is 1. The smallest absolute Gasteiger partial charge is 0.248 e. The Bertz CT molecular complexity index is 436. The van der Waals surface area contributed by atoms with Crippen LogP contribution < -0.4 is 16.4 Å². The van der Waals surface area contributed by atoms with Gasteiger partial charge < -0.3 is 16.4 Å². The maximum Gasteiger partial charge on any atom is 0.248 e. The molecule has 0 atom stereocenters. The van der Waals surface area contributed by atoms with Crippen LogP contribution >= 0.6 is 0 Å². The van der Waals surface area contributed by atoms with Crippen molar-refractivity contribution in [3.63, 3.8) is 0 Å². The van der Waals surface area contributed by atoms with Gasteiger partial charge in [0.2, 0.25) is 11.8 Å². The van der Waals surface area contributed by atoms with E-state index >= 15 is 0 Å². The summed E-state index contributed by atoms with van der Waals surface area (Å²) in [4.78, 5) is 22.9. The van der Waals surface area contributed by atoms with Gasteiger partial charge in [-0.1, -0.05) is 0 Å². The number of amides is 2. The van der Waals surface area contributed by atoms with Crippen molar-refractivity contribution in [2.75, 3.05) is 18.4 Å². The van der Waals surface area contributed by atoms with Crippen molar-refractivity contribution in [1.82, 2.24) is 5.32 Å². The van der Waals surface area contributed by atoms with Crippen LogP contribution in [0, 0.1) is 5.92 Å². The van der Waals surface area contributed by atoms with Crippen LogP contribution in [-0.4, -0.2) is 24.9 Å². The number of rotatable bonds is 3. The highest BCUT2D eigenvalue weighted by Crippen LogP contribution is 2.16. The first kappa shape index (κ1) is 12.6. The minimum Gasteiger partial charge on any atom is -0.366 e. The van der Waals surface area contributed by atoms with Gasteiger partial charge >= 0.3 is 0 Å². The average molecular weight is 247 g/mol. The van der Waals surface area contributed by atoms with Gasteiger partial charge in [0.25, 0.3) is 0 Å². The Kier molecular flexibility index (Phi) is 3.94. The van der Waals surface area contributed by atoms with Crippen LogP contribution in [0.1, 0.15) is 23.2 Å². The van der Waals surface area contributed by atoms with E-state index in [1.807, 2.05) is 0 Å². The summed E-state index contributed by atoms with van der Waals surface area (Å²) in [7, 11) is 0. The number of nitrogens with one attached hydrogen (secondary N) is 2. The van der Waals surface area contributed by atoms with E-state index in [2.05, 4.69) is 10.6 Å². The van der Waals surface area contributed by atoms with Gasteiger partial charge in [0.1, 0.15) is 0 Å². The average Bonchev–Trinajstić information content (AvgIpc) is 2.40. The second kappa shape index (κ2) is 5.64. The molecule has 1 fully saturated rings. The molecule has 0 radical (unpaired) electrons. The van der Waals surface area contributed by atoms with Crippen molar-refractivity contribution in [2.45, 2.75) is 12.8 Å². The molecule has 1 aliphatic heterocycles. The molecule has 1 saturated heterocycles. The van der Waals surface area contributed by atoms with Crippen molar-refractivity contribution < 1.29 is 9.59 Å². The number of piperidine rings is 1. The predicted octanol–water partition coefficient (Wildman–Crippen LogP) is 0.724. The van der Waals surface area contributed by atoms with Gasteiger partial charge in [-0.2, -0.15) is 0 Å². The normalized spacial score (nSPS) is 16.2. The SMILES string of the molecule is NC(=O)c1ccc(NC(=O)C2CCNCC2)cc1. The quantitative estimate of drug-likeness (QED) is 0.736. The van der Waals surface area contributed by atoms with Gasteiger partial charge in [0.15, 0.2) is 0 Å². The van der Waals surface area contributed by atoms with Gasteiger partial charge in [-0.15, -0.1) is 0 Å². The third kappa shape index (κ3) is 3.07. The fourth-order valence-electron chi connectivity index (χ4n) is 2.05. The van der Waals surface area contributed by atoms with E-state index in [-0.39, 0.29) is 11.8 Å². The van der Waals surface area contributed by atoms with Crippen molar-refractivity contribution in [3.8, 4) is 0 Å². The predicted molar refractivity (Wildman–Crippen MR) is 69.2 cm³/mol. The Morgan fingerprint density at radius 2 is 1.78 bits per heavy atom. The molecule has 1 heterocycles. The van der Waals surface area contributed by atoms with Gasteiger partial charge in [0.05, 0.1) is 0 Å². The highest BCUT2D eigenvalue weighted by atomic mass is 16.2. The molecule has 0 spiro atoms. The maximum absolute atomic E-state index is 12.0. The van der Waals surface area contributed by atoms with Crippen LogP contribution in [0.25, 0.3) is 0 Å². The number of primary amides is 1. The highest BCUT2D eigenvalue weighted by Gasteiger charge is 2.20. The molecule has 96 valence electrons. The molecular weight excluding hydrogens is 230 g/mol. The largest absolute Gasteiger partial charge is 0.366 e. The van der Waals surface area contributed by atoms with Crippen LogP contribution in [0.5, 0.6) is 0 Å². The van der Waals surface area contributed by atoms with Gasteiger partial charge in [-0.3, -0.25) is 9.59 Å². The van der Waals surface area contributed by atoms with E-state index in [0.29, 0.717) is 11.3 Å². The Hall–Kier alpha value is -1.88. The lowest BCUT2D eigenvalue weighted by molar-refractivity contribution is -0.120. The van der Waals surface area contributed by atoms with Crippen LogP contribution in [0.15, 0.2) is 24.3 Å². The number of hydrogen-bond donors (Lipinski definition) is 3. The minimum atomic E-state index is -0.466. The molecule has 2 rings (SSSR count). The lowest BCUT2D eigenvalue weighted by Crippen LogP contribution is -2.34. The number of benzene rings is 1. The summed E-state index contributed by atoms with van der Waals surface area (Å²) in [5.41, 5.74) is 6.29. The maximum atomic E-state index is 12.0. The molecule has 2 amide bonds. The molecule has 0 bridgehead atoms. The van der Waals surface area contributed by atoms with Crippen LogP contribution in [0.4, 0.5) is 5.69 Å². The molecule has 1 aromatic carbocycles. The zero-order chi connectivity index (χ0) is 13.0. The van der Waals surface area contributed by atoms with E-state index in [9.17, 15) is 9.59 Å². The van der Waals surface area contributed by atoms with Crippen molar-refractivity contribution in [3.05, 3.63) is 29.8 Å². The molecule has 18 heavy (non-hydrogen) atoms. The first-order chi connectivity index (χ1) is 8.66. The third-order valence-corrected chi connectivity index (χ3v) is 3.15. The summed E-state index contributed by atoms with van der Waals surface area (Å²) in [6.07, 6.45) is 1.73. The third-order valence-electron chi connectivity index (χ3n) is 3.15. The second-order valence-electron chi connectivity index (χ2n) is 4.46. The molecular formula is C13H17N3O2. The Balaban J connectivity index is 1.96. The number of hydrogen-bond acceptors (Lipinski definition) is 3. The van der Waals surface area contributed by atoms with E-state index in [0.717, 1.165) is 25.9 Å². The molecule has 4 N–H and O–H groups in total. The standard InChI is InChI=1S/C13H17N3O2/c14-12(17)9-1-3-11(4-2-9)16-13(18)10-5-7-15-8-6-10/h1-4,10,15H,5-8H2,(H2,14,17)(H,16,18). The molecule has 5 heteroatoms. The number of carbonyl (C=O) groups is 2. The van der Waals surface area contributed by atoms with E-state index < -0.39 is 5.91 Å². The van der Waals surface area contributed by atoms with Crippen LogP contribution in [-0.2, 0) is 4.79 Å². The lowest BCUT2D eigenvalue weighted by Gasteiger charge is -2.21. The Morgan fingerprint density at radius 1 is 1.17 bits per heavy atom. The van der Waals surface area contributed by atoms with E-state index in [4.69, 9.17) is 5.73 Å². The summed E-state index contributed by atoms with van der Waals surface area (Å²) in [5.74, 6) is -0.350. The zero-order valence-corrected chi connectivity index (χ0v) is 10.1. The topological polar surface area (TPSA) is 84.2 Å². The first-order valence-corrected chi connectivity index (χ1v) is 6.08. The summed E-state index contributed by atoms with van der Waals surface area (Å²) in [5, 5.41) is 6.08. The molecule has 5 nitrogen and oxygen atoms in total. The van der Waals surface area contributed by atoms with Crippen molar-refractivity contribution in [1.29, 1.82) is 0 Å². The van der Waals surface area contributed by atoms with E-state index in [1.165, 1.54) is 0 Å². The Morgan fingerprint density at radius 3 is 2.33 bits per heavy atom. The fourth-order valence-corrected chi connectivity index (χ4v) is 2.05.